The van der Waals surface area contributed by atoms with Crippen LogP contribution in [0.3, 0.4) is 0 Å². The summed E-state index contributed by atoms with van der Waals surface area (Å²) in [4.78, 5) is 24.9. The molecular formula is C27H38N4O2. The van der Waals surface area contributed by atoms with E-state index in [1.165, 1.54) is 5.56 Å². The van der Waals surface area contributed by atoms with Gasteiger partial charge in [-0.3, -0.25) is 19.5 Å². The first kappa shape index (κ1) is 23.9. The molecule has 0 saturated carbocycles. The van der Waals surface area contributed by atoms with Crippen LogP contribution >= 0.6 is 0 Å². The summed E-state index contributed by atoms with van der Waals surface area (Å²) in [7, 11) is 0. The Bertz CT molecular complexity index is 850. The molecule has 33 heavy (non-hydrogen) atoms. The average molecular weight is 451 g/mol. The number of ether oxygens (including phenoxy) is 1. The molecule has 0 spiro atoms. The Labute approximate surface area is 198 Å². The van der Waals surface area contributed by atoms with Crippen molar-refractivity contribution in [3.8, 4) is 0 Å². The van der Waals surface area contributed by atoms with Crippen molar-refractivity contribution in [2.45, 2.75) is 51.1 Å². The number of piperazine rings is 1. The molecule has 6 nitrogen and oxygen atoms in total. The van der Waals surface area contributed by atoms with Gasteiger partial charge in [-0.25, -0.2) is 4.99 Å². The topological polar surface area (TPSA) is 48.4 Å². The minimum Gasteiger partial charge on any atom is -0.381 e. The molecule has 0 aromatic heterocycles. The van der Waals surface area contributed by atoms with Gasteiger partial charge in [0.15, 0.2) is 0 Å². The van der Waals surface area contributed by atoms with Crippen LogP contribution in [0.5, 0.6) is 0 Å². The zero-order chi connectivity index (χ0) is 22.9. The number of amides is 1. The van der Waals surface area contributed by atoms with Crippen molar-refractivity contribution in [1.29, 1.82) is 0 Å². The van der Waals surface area contributed by atoms with Gasteiger partial charge in [0.25, 0.3) is 0 Å². The van der Waals surface area contributed by atoms with Crippen LogP contribution in [0, 0.1) is 0 Å². The Kier molecular flexibility index (Phi) is 8.48. The Balaban J connectivity index is 1.49. The Hall–Kier alpha value is -2.28. The lowest BCUT2D eigenvalue weighted by molar-refractivity contribution is -0.133. The quantitative estimate of drug-likeness (QED) is 0.633. The maximum Gasteiger partial charge on any atom is 0.227 e. The molecule has 0 aliphatic carbocycles. The molecule has 0 unspecified atom stereocenters. The van der Waals surface area contributed by atoms with Gasteiger partial charge in [0.05, 0.1) is 0 Å². The summed E-state index contributed by atoms with van der Waals surface area (Å²) in [6.07, 6.45) is 12.3. The molecule has 1 aromatic carbocycles. The fraction of sp³-hybridized carbons (Fsp3) is 0.556. The molecule has 1 aromatic rings. The van der Waals surface area contributed by atoms with E-state index in [2.05, 4.69) is 57.3 Å². The standard InChI is InChI=1S/C27H38N4O2/c1-2-26(32)31(25-12-8-3-4-9-15-28-25)23-27(13-20-33-21-14-27)30-18-16-29(17-19-30)22-24-10-6-5-7-11-24/h4-7,9-12,15H,2-3,8,13-14,16-23H2,1H3/b9-4+,25-12?,28-15?. The molecule has 2 fully saturated rings. The molecule has 3 heterocycles. The van der Waals surface area contributed by atoms with Crippen LogP contribution in [0.2, 0.25) is 0 Å². The number of rotatable bonds is 7. The van der Waals surface area contributed by atoms with E-state index in [9.17, 15) is 4.79 Å². The van der Waals surface area contributed by atoms with Crippen molar-refractivity contribution in [3.05, 3.63) is 59.9 Å². The second-order valence-corrected chi connectivity index (χ2v) is 9.26. The summed E-state index contributed by atoms with van der Waals surface area (Å²) in [5.41, 5.74) is 1.31. The number of hydrogen-bond acceptors (Lipinski definition) is 5. The SMILES string of the molecule is CCC(=O)N(CC1(N2CCN(Cc3ccccc3)CC2)CCOCC1)C1=CCC/C=C/C=N1. The van der Waals surface area contributed by atoms with E-state index in [1.54, 1.807) is 0 Å². The first-order chi connectivity index (χ1) is 16.2. The van der Waals surface area contributed by atoms with Crippen molar-refractivity contribution in [1.82, 2.24) is 14.7 Å². The van der Waals surface area contributed by atoms with Gasteiger partial charge < -0.3 is 4.74 Å². The summed E-state index contributed by atoms with van der Waals surface area (Å²) in [5.74, 6) is 0.955. The van der Waals surface area contributed by atoms with Gasteiger partial charge in [-0.1, -0.05) is 43.3 Å². The fourth-order valence-corrected chi connectivity index (χ4v) is 5.15. The molecule has 6 heteroatoms. The lowest BCUT2D eigenvalue weighted by Crippen LogP contribution is -2.63. The Morgan fingerprint density at radius 3 is 2.58 bits per heavy atom. The summed E-state index contributed by atoms with van der Waals surface area (Å²) in [5, 5.41) is 0. The van der Waals surface area contributed by atoms with Crippen molar-refractivity contribution in [3.63, 3.8) is 0 Å². The van der Waals surface area contributed by atoms with Crippen molar-refractivity contribution >= 4 is 12.1 Å². The van der Waals surface area contributed by atoms with Crippen LogP contribution in [0.1, 0.15) is 44.6 Å². The van der Waals surface area contributed by atoms with Crippen LogP contribution in [0.4, 0.5) is 0 Å². The second-order valence-electron chi connectivity index (χ2n) is 9.26. The molecule has 3 aliphatic heterocycles. The number of carbonyl (C=O) groups is 1. The third-order valence-corrected chi connectivity index (χ3v) is 7.14. The number of hydrogen-bond donors (Lipinski definition) is 0. The van der Waals surface area contributed by atoms with E-state index < -0.39 is 0 Å². The predicted molar refractivity (Wildman–Crippen MR) is 133 cm³/mol. The van der Waals surface area contributed by atoms with Gasteiger partial charge in [-0.2, -0.15) is 0 Å². The first-order valence-electron chi connectivity index (χ1n) is 12.5. The highest BCUT2D eigenvalue weighted by Crippen LogP contribution is 2.32. The normalized spacial score (nSPS) is 22.8. The first-order valence-corrected chi connectivity index (χ1v) is 12.5. The van der Waals surface area contributed by atoms with E-state index in [1.807, 2.05) is 24.1 Å². The van der Waals surface area contributed by atoms with E-state index >= 15 is 0 Å². The van der Waals surface area contributed by atoms with Crippen molar-refractivity contribution in [2.75, 3.05) is 45.9 Å². The maximum absolute atomic E-state index is 13.1. The highest BCUT2D eigenvalue weighted by molar-refractivity contribution is 5.79. The predicted octanol–water partition coefficient (Wildman–Crippen LogP) is 3.85. The van der Waals surface area contributed by atoms with Gasteiger partial charge in [0, 0.05) is 70.7 Å². The van der Waals surface area contributed by atoms with Crippen LogP contribution in [0.25, 0.3) is 0 Å². The molecule has 2 saturated heterocycles. The molecule has 3 aliphatic rings. The number of benzene rings is 1. The van der Waals surface area contributed by atoms with Gasteiger partial charge >= 0.3 is 0 Å². The van der Waals surface area contributed by atoms with E-state index in [0.29, 0.717) is 13.0 Å². The lowest BCUT2D eigenvalue weighted by atomic mass is 9.86. The van der Waals surface area contributed by atoms with Gasteiger partial charge in [-0.15, -0.1) is 0 Å². The number of aliphatic imine (C=N–C) groups is 1. The third kappa shape index (κ3) is 6.19. The van der Waals surface area contributed by atoms with Gasteiger partial charge in [0.1, 0.15) is 5.82 Å². The molecular weight excluding hydrogens is 412 g/mol. The summed E-state index contributed by atoms with van der Waals surface area (Å²) >= 11 is 0. The zero-order valence-electron chi connectivity index (χ0n) is 20.0. The smallest absolute Gasteiger partial charge is 0.227 e. The summed E-state index contributed by atoms with van der Waals surface area (Å²) in [6.45, 7) is 9.27. The molecule has 1 amide bonds. The Morgan fingerprint density at radius 1 is 1.09 bits per heavy atom. The minimum absolute atomic E-state index is 0.0590. The van der Waals surface area contributed by atoms with Crippen molar-refractivity contribution in [2.24, 2.45) is 4.99 Å². The molecule has 0 N–H and O–H groups in total. The fourth-order valence-electron chi connectivity index (χ4n) is 5.15. The monoisotopic (exact) mass is 450 g/mol. The Morgan fingerprint density at radius 2 is 1.85 bits per heavy atom. The molecule has 4 rings (SSSR count). The molecule has 178 valence electrons. The summed E-state index contributed by atoms with van der Waals surface area (Å²) < 4.78 is 5.77. The minimum atomic E-state index is -0.0590. The highest BCUT2D eigenvalue weighted by Gasteiger charge is 2.42. The van der Waals surface area contributed by atoms with Gasteiger partial charge in [-0.05, 0) is 43.4 Å². The molecule has 0 bridgehead atoms. The average Bonchev–Trinajstić information content (AvgIpc) is 2.84. The van der Waals surface area contributed by atoms with Crippen LogP contribution in [0.15, 0.2) is 59.4 Å². The van der Waals surface area contributed by atoms with Crippen LogP contribution in [-0.2, 0) is 16.1 Å². The lowest BCUT2D eigenvalue weighted by Gasteiger charge is -2.51. The van der Waals surface area contributed by atoms with Crippen LogP contribution in [-0.4, -0.2) is 78.3 Å². The summed E-state index contributed by atoms with van der Waals surface area (Å²) in [6, 6.07) is 10.7. The number of nitrogens with zero attached hydrogens (tertiary/aromatic N) is 4. The molecule has 0 radical (unpaired) electrons. The third-order valence-electron chi connectivity index (χ3n) is 7.14. The number of carbonyl (C=O) groups excluding carboxylic acids is 1. The maximum atomic E-state index is 13.1. The molecule has 0 atom stereocenters. The van der Waals surface area contributed by atoms with Crippen molar-refractivity contribution < 1.29 is 9.53 Å². The van der Waals surface area contributed by atoms with E-state index in [0.717, 1.165) is 77.4 Å². The van der Waals surface area contributed by atoms with E-state index in [4.69, 9.17) is 4.74 Å². The van der Waals surface area contributed by atoms with E-state index in [-0.39, 0.29) is 11.4 Å². The van der Waals surface area contributed by atoms with Crippen LogP contribution < -0.4 is 0 Å². The highest BCUT2D eigenvalue weighted by atomic mass is 16.5. The largest absolute Gasteiger partial charge is 0.381 e. The van der Waals surface area contributed by atoms with Gasteiger partial charge in [0.2, 0.25) is 5.91 Å². The number of allylic oxidation sites excluding steroid dienone is 3. The zero-order valence-corrected chi connectivity index (χ0v) is 20.0. The second kappa shape index (κ2) is 11.7.